The average molecular weight is 567 g/mol. The first kappa shape index (κ1) is 28.4. The zero-order valence-corrected chi connectivity index (χ0v) is 23.2. The van der Waals surface area contributed by atoms with Gasteiger partial charge in [0.2, 0.25) is 11.8 Å². The lowest BCUT2D eigenvalue weighted by atomic mass is 9.80. The maximum absolute atomic E-state index is 13.2. The number of hydrogen-bond donors (Lipinski definition) is 2. The number of carboxylic acids is 1. The summed E-state index contributed by atoms with van der Waals surface area (Å²) in [6, 6.07) is 14.9. The molecule has 2 heterocycles. The number of alkyl halides is 3. The lowest BCUT2D eigenvalue weighted by Gasteiger charge is -2.32. The topological polar surface area (TPSA) is 96.2 Å². The standard InChI is InChI=1S/C30H33F3N6O2/c1-4-23(21-9-6-5-7-10-21)38(3)29-37-26-24(39(29)17-19-13-15-22(16-14-19)30(31,32)33)25(35-27(36-26)28(40)41)34-18(2)20-11-8-12-20/h5-7,9-10,13-16,18,20,23H,4,8,11-12,17H2,1-3H3,(H,40,41)(H,34,35,36). The molecule has 5 rings (SSSR count). The van der Waals surface area contributed by atoms with Crippen molar-refractivity contribution in [3.8, 4) is 0 Å². The highest BCUT2D eigenvalue weighted by Crippen LogP contribution is 2.36. The monoisotopic (exact) mass is 566 g/mol. The van der Waals surface area contributed by atoms with Crippen LogP contribution in [0.5, 0.6) is 0 Å². The van der Waals surface area contributed by atoms with Crippen LogP contribution in [0.25, 0.3) is 11.2 Å². The molecule has 0 saturated heterocycles. The number of nitrogens with zero attached hydrogens (tertiary/aromatic N) is 5. The van der Waals surface area contributed by atoms with Crippen molar-refractivity contribution in [2.24, 2.45) is 5.92 Å². The van der Waals surface area contributed by atoms with Crippen molar-refractivity contribution in [1.82, 2.24) is 19.5 Å². The Labute approximate surface area is 236 Å². The highest BCUT2D eigenvalue weighted by molar-refractivity contribution is 5.91. The van der Waals surface area contributed by atoms with Gasteiger partial charge in [-0.3, -0.25) is 0 Å². The Kier molecular flexibility index (Phi) is 7.88. The fraction of sp³-hybridized carbons (Fsp3) is 0.400. The van der Waals surface area contributed by atoms with Gasteiger partial charge in [0.25, 0.3) is 0 Å². The molecule has 216 valence electrons. The molecule has 2 N–H and O–H groups in total. The Morgan fingerprint density at radius 1 is 1.10 bits per heavy atom. The predicted molar refractivity (Wildman–Crippen MR) is 151 cm³/mol. The van der Waals surface area contributed by atoms with Gasteiger partial charge in [-0.15, -0.1) is 0 Å². The minimum atomic E-state index is -4.44. The van der Waals surface area contributed by atoms with E-state index in [0.717, 1.165) is 43.4 Å². The van der Waals surface area contributed by atoms with E-state index >= 15 is 0 Å². The molecule has 0 spiro atoms. The number of anilines is 2. The molecule has 8 nitrogen and oxygen atoms in total. The zero-order valence-electron chi connectivity index (χ0n) is 23.2. The first-order valence-electron chi connectivity index (χ1n) is 13.8. The summed E-state index contributed by atoms with van der Waals surface area (Å²) in [6.45, 7) is 4.29. The number of aromatic nitrogens is 4. The normalized spacial score (nSPS) is 15.4. The molecule has 4 aromatic rings. The van der Waals surface area contributed by atoms with Crippen molar-refractivity contribution >= 4 is 28.9 Å². The second kappa shape index (κ2) is 11.4. The Morgan fingerprint density at radius 2 is 1.78 bits per heavy atom. The van der Waals surface area contributed by atoms with Gasteiger partial charge in [-0.2, -0.15) is 18.2 Å². The Balaban J connectivity index is 1.66. The van der Waals surface area contributed by atoms with Crippen molar-refractivity contribution in [2.45, 2.75) is 64.3 Å². The fourth-order valence-corrected chi connectivity index (χ4v) is 5.44. The SMILES string of the molecule is CCC(c1ccccc1)N(C)c1nc2nc(C(=O)O)nc(NC(C)C3CCC3)c2n1Cc1ccc(C(F)(F)F)cc1. The van der Waals surface area contributed by atoms with Crippen LogP contribution < -0.4 is 10.2 Å². The van der Waals surface area contributed by atoms with Crippen LogP contribution in [0, 0.1) is 5.92 Å². The third-order valence-electron chi connectivity index (χ3n) is 7.97. The van der Waals surface area contributed by atoms with Crippen LogP contribution in [0.4, 0.5) is 24.9 Å². The minimum absolute atomic E-state index is 0.0341. The second-order valence-electron chi connectivity index (χ2n) is 10.6. The van der Waals surface area contributed by atoms with Crippen LogP contribution in [-0.4, -0.2) is 43.7 Å². The van der Waals surface area contributed by atoms with Crippen molar-refractivity contribution in [1.29, 1.82) is 0 Å². The smallest absolute Gasteiger partial charge is 0.416 e. The van der Waals surface area contributed by atoms with Gasteiger partial charge < -0.3 is 19.9 Å². The molecule has 0 radical (unpaired) electrons. The highest BCUT2D eigenvalue weighted by atomic mass is 19.4. The summed E-state index contributed by atoms with van der Waals surface area (Å²) in [5, 5.41) is 13.2. The number of imidazole rings is 1. The number of nitrogens with one attached hydrogen (secondary N) is 1. The second-order valence-corrected chi connectivity index (χ2v) is 10.6. The van der Waals surface area contributed by atoms with Gasteiger partial charge in [0, 0.05) is 13.1 Å². The number of benzene rings is 2. The van der Waals surface area contributed by atoms with E-state index in [-0.39, 0.29) is 30.1 Å². The van der Waals surface area contributed by atoms with Crippen molar-refractivity contribution < 1.29 is 23.1 Å². The van der Waals surface area contributed by atoms with Gasteiger partial charge in [-0.05, 0) is 55.4 Å². The van der Waals surface area contributed by atoms with Crippen LogP contribution in [0.2, 0.25) is 0 Å². The van der Waals surface area contributed by atoms with Gasteiger partial charge >= 0.3 is 12.1 Å². The van der Waals surface area contributed by atoms with Crippen molar-refractivity contribution in [3.63, 3.8) is 0 Å². The first-order chi connectivity index (χ1) is 19.6. The number of rotatable bonds is 10. The molecule has 0 bridgehead atoms. The molecule has 1 fully saturated rings. The minimum Gasteiger partial charge on any atom is -0.475 e. The van der Waals surface area contributed by atoms with Gasteiger partial charge in [-0.1, -0.05) is 55.8 Å². The van der Waals surface area contributed by atoms with E-state index in [1.54, 1.807) is 0 Å². The molecule has 1 saturated carbocycles. The van der Waals surface area contributed by atoms with Gasteiger partial charge in [0.15, 0.2) is 11.5 Å². The fourth-order valence-electron chi connectivity index (χ4n) is 5.44. The predicted octanol–water partition coefficient (Wildman–Crippen LogP) is 6.78. The molecule has 1 aliphatic rings. The molecule has 41 heavy (non-hydrogen) atoms. The van der Waals surface area contributed by atoms with Crippen LogP contribution >= 0.6 is 0 Å². The molecule has 1 aliphatic carbocycles. The largest absolute Gasteiger partial charge is 0.475 e. The molecule has 2 unspecified atom stereocenters. The third-order valence-corrected chi connectivity index (χ3v) is 7.97. The van der Waals surface area contributed by atoms with Crippen molar-refractivity contribution in [2.75, 3.05) is 17.3 Å². The average Bonchev–Trinajstić information content (AvgIpc) is 3.27. The van der Waals surface area contributed by atoms with E-state index in [1.807, 2.05) is 53.8 Å². The van der Waals surface area contributed by atoms with Crippen molar-refractivity contribution in [3.05, 3.63) is 77.1 Å². The zero-order chi connectivity index (χ0) is 29.3. The summed E-state index contributed by atoms with van der Waals surface area (Å²) < 4.78 is 41.6. The summed E-state index contributed by atoms with van der Waals surface area (Å²) in [5.74, 6) is -0.354. The van der Waals surface area contributed by atoms with E-state index < -0.39 is 17.7 Å². The van der Waals surface area contributed by atoms with E-state index in [4.69, 9.17) is 4.98 Å². The molecule has 0 aliphatic heterocycles. The van der Waals surface area contributed by atoms with Gasteiger partial charge in [-0.25, -0.2) is 14.8 Å². The number of halogens is 3. The number of carboxylic acid groups (broad SMARTS) is 1. The molecular formula is C30H33F3N6O2. The van der Waals surface area contributed by atoms with Crippen LogP contribution in [0.3, 0.4) is 0 Å². The summed E-state index contributed by atoms with van der Waals surface area (Å²) in [7, 11) is 1.90. The van der Waals surface area contributed by atoms with E-state index in [9.17, 15) is 23.1 Å². The summed E-state index contributed by atoms with van der Waals surface area (Å²) in [6.07, 6.45) is -0.398. The number of fused-ring (bicyclic) bond motifs is 1. The van der Waals surface area contributed by atoms with E-state index in [2.05, 4.69) is 22.2 Å². The highest BCUT2D eigenvalue weighted by Gasteiger charge is 2.31. The first-order valence-corrected chi connectivity index (χ1v) is 13.8. The van der Waals surface area contributed by atoms with E-state index in [0.29, 0.717) is 28.8 Å². The maximum Gasteiger partial charge on any atom is 0.416 e. The lowest BCUT2D eigenvalue weighted by Crippen LogP contribution is -2.31. The molecule has 11 heteroatoms. The lowest BCUT2D eigenvalue weighted by molar-refractivity contribution is -0.137. The number of hydrogen-bond acceptors (Lipinski definition) is 6. The Bertz CT molecular complexity index is 1520. The number of aromatic carboxylic acids is 1. The van der Waals surface area contributed by atoms with E-state index in [1.165, 1.54) is 12.1 Å². The quantitative estimate of drug-likeness (QED) is 0.218. The van der Waals surface area contributed by atoms with Crippen LogP contribution in [0.15, 0.2) is 54.6 Å². The summed E-state index contributed by atoms with van der Waals surface area (Å²) >= 11 is 0. The Morgan fingerprint density at radius 3 is 2.34 bits per heavy atom. The van der Waals surface area contributed by atoms with Crippen LogP contribution in [0.1, 0.15) is 72.9 Å². The third kappa shape index (κ3) is 5.84. The van der Waals surface area contributed by atoms with Gasteiger partial charge in [0.05, 0.1) is 18.2 Å². The van der Waals surface area contributed by atoms with Crippen LogP contribution in [-0.2, 0) is 12.7 Å². The van der Waals surface area contributed by atoms with Gasteiger partial charge in [0.1, 0.15) is 5.52 Å². The maximum atomic E-state index is 13.2. The Hall–Kier alpha value is -4.15. The summed E-state index contributed by atoms with van der Waals surface area (Å²) in [4.78, 5) is 27.4. The molecule has 2 aromatic heterocycles. The summed E-state index contributed by atoms with van der Waals surface area (Å²) in [5.41, 5.74) is 1.68. The molecule has 0 amide bonds. The molecule has 2 atom stereocenters. The number of carbonyl (C=O) groups is 1. The molecule has 2 aromatic carbocycles. The molecular weight excluding hydrogens is 533 g/mol.